The fourth-order valence-corrected chi connectivity index (χ4v) is 5.19. The molecule has 6 nitrogen and oxygen atoms in total. The van der Waals surface area contributed by atoms with Crippen LogP contribution in [0.5, 0.6) is 5.75 Å². The molecule has 2 fully saturated rings. The number of benzene rings is 2. The Morgan fingerprint density at radius 2 is 2.09 bits per heavy atom. The average molecular weight is 471 g/mol. The van der Waals surface area contributed by atoms with E-state index in [4.69, 9.17) is 4.74 Å². The van der Waals surface area contributed by atoms with E-state index in [0.29, 0.717) is 18.2 Å². The maximum absolute atomic E-state index is 13.5. The van der Waals surface area contributed by atoms with Crippen LogP contribution >= 0.6 is 11.3 Å². The molecule has 2 aliphatic rings. The summed E-state index contributed by atoms with van der Waals surface area (Å²) in [7, 11) is 0. The topological polar surface area (TPSA) is 76.1 Å². The van der Waals surface area contributed by atoms with E-state index in [9.17, 15) is 4.79 Å². The van der Waals surface area contributed by atoms with Crippen molar-refractivity contribution in [3.05, 3.63) is 76.9 Å². The summed E-state index contributed by atoms with van der Waals surface area (Å²) in [5.74, 6) is 0.661. The molecule has 1 amide bonds. The number of carbonyl (C=O) groups is 1. The van der Waals surface area contributed by atoms with Gasteiger partial charge in [-0.2, -0.15) is 0 Å². The second-order valence-corrected chi connectivity index (χ2v) is 10.1. The van der Waals surface area contributed by atoms with Crippen LogP contribution in [0.15, 0.2) is 60.2 Å². The minimum atomic E-state index is -0.398. The van der Waals surface area contributed by atoms with Crippen LogP contribution in [0, 0.1) is 6.92 Å². The van der Waals surface area contributed by atoms with Gasteiger partial charge in [-0.3, -0.25) is 9.78 Å². The summed E-state index contributed by atoms with van der Waals surface area (Å²) < 4.78 is 5.94. The van der Waals surface area contributed by atoms with Gasteiger partial charge in [-0.1, -0.05) is 12.1 Å². The Balaban J connectivity index is 1.31. The van der Waals surface area contributed by atoms with Gasteiger partial charge in [0.05, 0.1) is 11.1 Å². The first-order chi connectivity index (χ1) is 16.6. The van der Waals surface area contributed by atoms with Crippen LogP contribution in [0.4, 0.5) is 0 Å². The van der Waals surface area contributed by atoms with E-state index < -0.39 is 5.54 Å². The molecule has 2 aromatic carbocycles. The molecule has 1 saturated carbocycles. The molecule has 1 saturated heterocycles. The first kappa shape index (κ1) is 21.3. The zero-order valence-corrected chi connectivity index (χ0v) is 19.8. The van der Waals surface area contributed by atoms with E-state index in [1.165, 1.54) is 0 Å². The van der Waals surface area contributed by atoms with E-state index >= 15 is 0 Å². The van der Waals surface area contributed by atoms with Crippen molar-refractivity contribution in [1.82, 2.24) is 20.6 Å². The summed E-state index contributed by atoms with van der Waals surface area (Å²) in [5, 5.41) is 10.7. The third kappa shape index (κ3) is 3.95. The molecule has 1 aliphatic heterocycles. The Bertz CT molecular complexity index is 1360. The monoisotopic (exact) mass is 470 g/mol. The van der Waals surface area contributed by atoms with Crippen LogP contribution in [-0.2, 0) is 5.54 Å². The lowest BCUT2D eigenvalue weighted by molar-refractivity contribution is 0.0930. The second kappa shape index (κ2) is 8.49. The highest BCUT2D eigenvalue weighted by atomic mass is 32.1. The Labute approximate surface area is 202 Å². The predicted octanol–water partition coefficient (Wildman–Crippen LogP) is 4.83. The number of pyridine rings is 1. The predicted molar refractivity (Wildman–Crippen MR) is 134 cm³/mol. The number of nitrogens with zero attached hydrogens (tertiary/aromatic N) is 2. The normalized spacial score (nSPS) is 18.3. The van der Waals surface area contributed by atoms with E-state index in [2.05, 4.69) is 38.8 Å². The summed E-state index contributed by atoms with van der Waals surface area (Å²) >= 11 is 1.61. The third-order valence-corrected chi connectivity index (χ3v) is 7.67. The van der Waals surface area contributed by atoms with E-state index in [0.717, 1.165) is 64.2 Å². The Kier molecular flexibility index (Phi) is 5.31. The van der Waals surface area contributed by atoms with Gasteiger partial charge in [0.2, 0.25) is 0 Å². The molecule has 6 rings (SSSR count). The molecular formula is C27H26N4O2S. The van der Waals surface area contributed by atoms with Crippen molar-refractivity contribution < 1.29 is 9.53 Å². The number of hydrogen-bond donors (Lipinski definition) is 2. The molecule has 1 aliphatic carbocycles. The van der Waals surface area contributed by atoms with Crippen molar-refractivity contribution in [3.63, 3.8) is 0 Å². The van der Waals surface area contributed by atoms with Gasteiger partial charge in [0.1, 0.15) is 17.4 Å². The SMILES string of the molecule is Cc1ccc(OC[C@@H]2CCN2)cc1C(=O)NC1(c2cc(-c3nccs3)cc3ncccc23)CC1. The molecule has 172 valence electrons. The number of thiazole rings is 1. The number of aromatic nitrogens is 2. The minimum Gasteiger partial charge on any atom is -0.492 e. The number of hydrogen-bond acceptors (Lipinski definition) is 6. The lowest BCUT2D eigenvalue weighted by Crippen LogP contribution is -2.46. The van der Waals surface area contributed by atoms with Crippen molar-refractivity contribution in [3.8, 4) is 16.3 Å². The molecule has 2 N–H and O–H groups in total. The minimum absolute atomic E-state index is 0.0705. The Hall–Kier alpha value is -3.29. The van der Waals surface area contributed by atoms with Gasteiger partial charge in [0, 0.05) is 40.3 Å². The maximum atomic E-state index is 13.5. The van der Waals surface area contributed by atoms with Crippen molar-refractivity contribution in [1.29, 1.82) is 0 Å². The molecule has 4 aromatic rings. The Morgan fingerprint density at radius 3 is 2.82 bits per heavy atom. The number of rotatable bonds is 7. The third-order valence-electron chi connectivity index (χ3n) is 6.85. The van der Waals surface area contributed by atoms with Crippen LogP contribution in [-0.4, -0.2) is 35.1 Å². The molecule has 7 heteroatoms. The number of ether oxygens (including phenoxy) is 1. The highest BCUT2D eigenvalue weighted by Crippen LogP contribution is 2.49. The molecule has 1 atom stereocenters. The summed E-state index contributed by atoms with van der Waals surface area (Å²) in [6, 6.07) is 14.5. The van der Waals surface area contributed by atoms with Crippen molar-refractivity contribution in [2.45, 2.75) is 37.8 Å². The molecule has 0 radical (unpaired) electrons. The molecule has 0 unspecified atom stereocenters. The lowest BCUT2D eigenvalue weighted by Gasteiger charge is -2.27. The van der Waals surface area contributed by atoms with Crippen LogP contribution in [0.3, 0.4) is 0 Å². The van der Waals surface area contributed by atoms with Crippen molar-refractivity contribution >= 4 is 28.1 Å². The van der Waals surface area contributed by atoms with Gasteiger partial charge in [-0.15, -0.1) is 11.3 Å². The summed E-state index contributed by atoms with van der Waals surface area (Å²) in [4.78, 5) is 22.6. The van der Waals surface area contributed by atoms with E-state index in [1.54, 1.807) is 11.3 Å². The number of amides is 1. The molecule has 0 spiro atoms. The number of fused-ring (bicyclic) bond motifs is 1. The van der Waals surface area contributed by atoms with E-state index in [-0.39, 0.29) is 5.91 Å². The number of nitrogens with one attached hydrogen (secondary N) is 2. The summed E-state index contributed by atoms with van der Waals surface area (Å²) in [6.07, 6.45) is 6.55. The fourth-order valence-electron chi connectivity index (χ4n) is 4.56. The zero-order valence-electron chi connectivity index (χ0n) is 19.0. The molecule has 2 aromatic heterocycles. The number of aryl methyl sites for hydroxylation is 1. The Morgan fingerprint density at radius 1 is 1.21 bits per heavy atom. The smallest absolute Gasteiger partial charge is 0.252 e. The lowest BCUT2D eigenvalue weighted by atomic mass is 9.95. The highest BCUT2D eigenvalue weighted by molar-refractivity contribution is 7.13. The summed E-state index contributed by atoms with van der Waals surface area (Å²) in [6.45, 7) is 3.64. The fraction of sp³-hybridized carbons (Fsp3) is 0.296. The molecule has 34 heavy (non-hydrogen) atoms. The standard InChI is InChI=1S/C27H26N4O2S/c1-17-4-5-20(33-16-19-6-10-28-19)15-22(17)25(32)31-27(7-8-27)23-13-18(26-30-11-12-34-26)14-24-21(23)3-2-9-29-24/h2-5,9,11-15,19,28H,6-8,10,16H2,1H3,(H,31,32)/t19-/m0/s1. The van der Waals surface area contributed by atoms with Gasteiger partial charge >= 0.3 is 0 Å². The van der Waals surface area contributed by atoms with Gasteiger partial charge in [-0.05, 0) is 74.2 Å². The molecular weight excluding hydrogens is 444 g/mol. The molecule has 0 bridgehead atoms. The van der Waals surface area contributed by atoms with Gasteiger partial charge in [0.15, 0.2) is 0 Å². The van der Waals surface area contributed by atoms with Crippen LogP contribution in [0.25, 0.3) is 21.5 Å². The van der Waals surface area contributed by atoms with Crippen molar-refractivity contribution in [2.75, 3.05) is 13.2 Å². The van der Waals surface area contributed by atoms with Crippen LogP contribution < -0.4 is 15.4 Å². The first-order valence-electron chi connectivity index (χ1n) is 11.7. The first-order valence-corrected chi connectivity index (χ1v) is 12.6. The maximum Gasteiger partial charge on any atom is 0.252 e. The second-order valence-electron chi connectivity index (χ2n) is 9.19. The van der Waals surface area contributed by atoms with Crippen LogP contribution in [0.2, 0.25) is 0 Å². The quantitative estimate of drug-likeness (QED) is 0.405. The van der Waals surface area contributed by atoms with Crippen LogP contribution in [0.1, 0.15) is 40.7 Å². The zero-order chi connectivity index (χ0) is 23.1. The average Bonchev–Trinajstić information content (AvgIpc) is 3.37. The van der Waals surface area contributed by atoms with E-state index in [1.807, 2.05) is 49.0 Å². The number of carbonyl (C=O) groups excluding carboxylic acids is 1. The highest BCUT2D eigenvalue weighted by Gasteiger charge is 2.47. The van der Waals surface area contributed by atoms with Crippen molar-refractivity contribution in [2.24, 2.45) is 0 Å². The largest absolute Gasteiger partial charge is 0.492 e. The van der Waals surface area contributed by atoms with Gasteiger partial charge in [0.25, 0.3) is 5.91 Å². The van der Waals surface area contributed by atoms with Gasteiger partial charge < -0.3 is 15.4 Å². The van der Waals surface area contributed by atoms with Gasteiger partial charge in [-0.25, -0.2) is 4.98 Å². The molecule has 3 heterocycles. The summed E-state index contributed by atoms with van der Waals surface area (Å²) in [5.41, 5.74) is 4.26.